The summed E-state index contributed by atoms with van der Waals surface area (Å²) < 4.78 is 30.5. The van der Waals surface area contributed by atoms with Crippen LogP contribution in [0.15, 0.2) is 0 Å². The van der Waals surface area contributed by atoms with E-state index < -0.39 is 10.0 Å². The van der Waals surface area contributed by atoms with Gasteiger partial charge in [-0.05, 0) is 25.7 Å². The molecule has 116 valence electrons. The molecule has 0 bridgehead atoms. The van der Waals surface area contributed by atoms with E-state index in [-0.39, 0.29) is 18.2 Å². The lowest BCUT2D eigenvalue weighted by molar-refractivity contribution is 0.107. The number of likely N-dealkylation sites (tertiary alicyclic amines) is 1. The molecule has 2 saturated heterocycles. The van der Waals surface area contributed by atoms with Crippen molar-refractivity contribution in [1.82, 2.24) is 14.9 Å². The zero-order valence-corrected chi connectivity index (χ0v) is 12.6. The van der Waals surface area contributed by atoms with Gasteiger partial charge in [0.25, 0.3) is 0 Å². The van der Waals surface area contributed by atoms with Gasteiger partial charge in [0.15, 0.2) is 0 Å². The first-order valence-corrected chi connectivity index (χ1v) is 8.95. The van der Waals surface area contributed by atoms with Crippen LogP contribution in [0, 0.1) is 0 Å². The number of sulfonamides is 1. The van der Waals surface area contributed by atoms with E-state index in [2.05, 4.69) is 10.0 Å². The second-order valence-corrected chi connectivity index (χ2v) is 7.28. The maximum Gasteiger partial charge on any atom is 0.317 e. The Morgan fingerprint density at radius 1 is 1.35 bits per heavy atom. The fourth-order valence-electron chi connectivity index (χ4n) is 2.68. The van der Waals surface area contributed by atoms with Crippen LogP contribution in [0.2, 0.25) is 0 Å². The minimum absolute atomic E-state index is 0.119. The number of hydrogen-bond donors (Lipinski definition) is 2. The molecule has 20 heavy (non-hydrogen) atoms. The predicted octanol–water partition coefficient (Wildman–Crippen LogP) is -0.111. The Kier molecular flexibility index (Phi) is 5.22. The Balaban J connectivity index is 1.77. The largest absolute Gasteiger partial charge is 0.376 e. The highest BCUT2D eigenvalue weighted by Crippen LogP contribution is 2.13. The molecule has 0 aromatic rings. The second-order valence-electron chi connectivity index (χ2n) is 5.50. The Bertz CT molecular complexity index is 434. The van der Waals surface area contributed by atoms with Gasteiger partial charge in [0.1, 0.15) is 0 Å². The van der Waals surface area contributed by atoms with Crippen molar-refractivity contribution >= 4 is 16.1 Å². The predicted molar refractivity (Wildman–Crippen MR) is 74.9 cm³/mol. The molecule has 0 unspecified atom stereocenters. The van der Waals surface area contributed by atoms with E-state index >= 15 is 0 Å². The summed E-state index contributed by atoms with van der Waals surface area (Å²) in [5.74, 6) is 0. The Hall–Kier alpha value is -0.860. The zero-order chi connectivity index (χ0) is 14.6. The number of nitrogens with one attached hydrogen (secondary N) is 2. The number of urea groups is 1. The van der Waals surface area contributed by atoms with Crippen molar-refractivity contribution in [3.8, 4) is 0 Å². The minimum atomic E-state index is -3.23. The topological polar surface area (TPSA) is 87.7 Å². The highest BCUT2D eigenvalue weighted by atomic mass is 32.2. The van der Waals surface area contributed by atoms with Gasteiger partial charge >= 0.3 is 6.03 Å². The molecule has 2 aliphatic rings. The third kappa shape index (κ3) is 4.92. The lowest BCUT2D eigenvalue weighted by Gasteiger charge is -2.33. The molecule has 2 rings (SSSR count). The van der Waals surface area contributed by atoms with Crippen LogP contribution in [-0.2, 0) is 14.8 Å². The van der Waals surface area contributed by atoms with Gasteiger partial charge in [-0.25, -0.2) is 17.9 Å². The summed E-state index contributed by atoms with van der Waals surface area (Å²) in [6.45, 7) is 2.38. The molecule has 7 nitrogen and oxygen atoms in total. The minimum Gasteiger partial charge on any atom is -0.376 e. The quantitative estimate of drug-likeness (QED) is 0.758. The lowest BCUT2D eigenvalue weighted by atomic mass is 10.1. The molecule has 2 fully saturated rings. The number of hydrogen-bond acceptors (Lipinski definition) is 4. The van der Waals surface area contributed by atoms with E-state index in [9.17, 15) is 13.2 Å². The Morgan fingerprint density at radius 2 is 2.15 bits per heavy atom. The summed E-state index contributed by atoms with van der Waals surface area (Å²) >= 11 is 0. The Labute approximate surface area is 120 Å². The van der Waals surface area contributed by atoms with Crippen molar-refractivity contribution in [2.75, 3.05) is 32.5 Å². The van der Waals surface area contributed by atoms with E-state index in [0.29, 0.717) is 19.6 Å². The number of nitrogens with zero attached hydrogens (tertiary/aromatic N) is 1. The van der Waals surface area contributed by atoms with Gasteiger partial charge in [-0.2, -0.15) is 0 Å². The van der Waals surface area contributed by atoms with Crippen molar-refractivity contribution in [1.29, 1.82) is 0 Å². The molecule has 2 heterocycles. The van der Waals surface area contributed by atoms with E-state index in [1.165, 1.54) is 0 Å². The van der Waals surface area contributed by atoms with Crippen molar-refractivity contribution in [2.24, 2.45) is 0 Å². The number of carbonyl (C=O) groups is 1. The first kappa shape index (κ1) is 15.5. The summed E-state index contributed by atoms with van der Waals surface area (Å²) in [5, 5.41) is 2.86. The third-order valence-electron chi connectivity index (χ3n) is 3.59. The Morgan fingerprint density at radius 3 is 2.80 bits per heavy atom. The molecule has 0 aliphatic carbocycles. The second kappa shape index (κ2) is 6.73. The first-order valence-electron chi connectivity index (χ1n) is 7.06. The zero-order valence-electron chi connectivity index (χ0n) is 11.8. The molecule has 0 aromatic heterocycles. The van der Waals surface area contributed by atoms with E-state index in [1.54, 1.807) is 4.90 Å². The van der Waals surface area contributed by atoms with Crippen molar-refractivity contribution in [3.63, 3.8) is 0 Å². The molecule has 0 aromatic carbocycles. The van der Waals surface area contributed by atoms with Gasteiger partial charge in [0.05, 0.1) is 12.4 Å². The lowest BCUT2D eigenvalue weighted by Crippen LogP contribution is -2.52. The highest BCUT2D eigenvalue weighted by Gasteiger charge is 2.26. The molecule has 0 radical (unpaired) electrons. The number of amides is 2. The normalized spacial score (nSPS) is 27.6. The van der Waals surface area contributed by atoms with Crippen LogP contribution in [0.3, 0.4) is 0 Å². The fourth-order valence-corrected chi connectivity index (χ4v) is 3.48. The summed E-state index contributed by atoms with van der Waals surface area (Å²) in [4.78, 5) is 13.7. The molecule has 2 N–H and O–H groups in total. The molecule has 0 saturated carbocycles. The summed E-state index contributed by atoms with van der Waals surface area (Å²) in [7, 11) is -3.23. The maximum absolute atomic E-state index is 12.0. The average molecular weight is 305 g/mol. The molecule has 8 heteroatoms. The van der Waals surface area contributed by atoms with Crippen LogP contribution in [0.25, 0.3) is 0 Å². The van der Waals surface area contributed by atoms with Crippen LogP contribution in [0.4, 0.5) is 4.79 Å². The SMILES string of the molecule is CS(=O)(=O)N[C@H]1CCCN(C(=O)NC[C@H]2CCCO2)C1. The number of carbonyl (C=O) groups excluding carboxylic acids is 1. The van der Waals surface area contributed by atoms with Gasteiger partial charge in [0.2, 0.25) is 10.0 Å². The first-order chi connectivity index (χ1) is 9.44. The highest BCUT2D eigenvalue weighted by molar-refractivity contribution is 7.88. The summed E-state index contributed by atoms with van der Waals surface area (Å²) in [6, 6.07) is -0.326. The number of piperidine rings is 1. The fraction of sp³-hybridized carbons (Fsp3) is 0.917. The monoisotopic (exact) mass is 305 g/mol. The molecular formula is C12H23N3O4S. The molecule has 2 amide bonds. The molecule has 0 spiro atoms. The van der Waals surface area contributed by atoms with Crippen LogP contribution in [-0.4, -0.2) is 64.0 Å². The summed E-state index contributed by atoms with van der Waals surface area (Å²) in [5.41, 5.74) is 0. The van der Waals surface area contributed by atoms with Gasteiger partial charge in [0, 0.05) is 32.3 Å². The molecule has 2 aliphatic heterocycles. The smallest absolute Gasteiger partial charge is 0.317 e. The maximum atomic E-state index is 12.0. The van der Waals surface area contributed by atoms with Gasteiger partial charge in [-0.15, -0.1) is 0 Å². The molecule has 2 atom stereocenters. The molecular weight excluding hydrogens is 282 g/mol. The average Bonchev–Trinajstić information content (AvgIpc) is 2.87. The summed E-state index contributed by atoms with van der Waals surface area (Å²) in [6.07, 6.45) is 4.86. The van der Waals surface area contributed by atoms with Crippen LogP contribution < -0.4 is 10.0 Å². The van der Waals surface area contributed by atoms with E-state index in [4.69, 9.17) is 4.74 Å². The van der Waals surface area contributed by atoms with Crippen molar-refractivity contribution < 1.29 is 17.9 Å². The van der Waals surface area contributed by atoms with Gasteiger partial charge in [-0.3, -0.25) is 0 Å². The van der Waals surface area contributed by atoms with E-state index in [0.717, 1.165) is 38.5 Å². The van der Waals surface area contributed by atoms with Crippen LogP contribution in [0.5, 0.6) is 0 Å². The van der Waals surface area contributed by atoms with Gasteiger partial charge < -0.3 is 15.0 Å². The van der Waals surface area contributed by atoms with Crippen molar-refractivity contribution in [3.05, 3.63) is 0 Å². The third-order valence-corrected chi connectivity index (χ3v) is 4.36. The van der Waals surface area contributed by atoms with Gasteiger partial charge in [-0.1, -0.05) is 0 Å². The standard InChI is InChI=1S/C12H23N3O4S/c1-20(17,18)14-10-4-2-6-15(9-10)12(16)13-8-11-5-3-7-19-11/h10-11,14H,2-9H2,1H3,(H,13,16)/t10-,11+/m0/s1. The van der Waals surface area contributed by atoms with Crippen LogP contribution >= 0.6 is 0 Å². The van der Waals surface area contributed by atoms with E-state index in [1.807, 2.05) is 0 Å². The number of ether oxygens (including phenoxy) is 1. The van der Waals surface area contributed by atoms with Crippen LogP contribution in [0.1, 0.15) is 25.7 Å². The van der Waals surface area contributed by atoms with Crippen molar-refractivity contribution in [2.45, 2.75) is 37.8 Å². The number of rotatable bonds is 4.